The molecule has 0 spiro atoms. The van der Waals surface area contributed by atoms with Gasteiger partial charge in [0.05, 0.1) is 11.9 Å². The van der Waals surface area contributed by atoms with Crippen molar-refractivity contribution in [2.75, 3.05) is 0 Å². The Hall–Kier alpha value is -4.10. The number of nitrogens with zero attached hydrogens (tertiary/aromatic N) is 6. The molecule has 0 aliphatic carbocycles. The highest BCUT2D eigenvalue weighted by atomic mass is 32.1. The summed E-state index contributed by atoms with van der Waals surface area (Å²) >= 11 is 1.58. The molecule has 0 amide bonds. The van der Waals surface area contributed by atoms with Crippen molar-refractivity contribution in [2.24, 2.45) is 0 Å². The van der Waals surface area contributed by atoms with Crippen LogP contribution in [0.4, 0.5) is 0 Å². The van der Waals surface area contributed by atoms with Crippen LogP contribution >= 0.6 is 11.3 Å². The molecule has 6 rings (SSSR count). The minimum absolute atomic E-state index is 0.847. The minimum atomic E-state index is 0.847. The average Bonchev–Trinajstić information content (AvgIpc) is 3.59. The van der Waals surface area contributed by atoms with E-state index in [9.17, 15) is 0 Å². The van der Waals surface area contributed by atoms with Gasteiger partial charge in [-0.15, -0.1) is 11.3 Å². The fraction of sp³-hybridized carbons (Fsp3) is 0.0400. The first-order valence-corrected chi connectivity index (χ1v) is 11.1. The number of thiazole rings is 1. The third kappa shape index (κ3) is 3.19. The van der Waals surface area contributed by atoms with Crippen LogP contribution in [0.5, 0.6) is 0 Å². The quantitative estimate of drug-likeness (QED) is 0.357. The summed E-state index contributed by atoms with van der Waals surface area (Å²) in [6, 6.07) is 18.5. The standard InChI is InChI=1S/C25H18N6S/c1-17-4-7-21(15-28-17)31-16-22(25-27-12-14-32-25)29-24(31)19-5-8-20(9-6-19)30-13-10-18-3-2-11-26-23(18)30/h2-16H,1H3. The smallest absolute Gasteiger partial charge is 0.145 e. The minimum Gasteiger partial charge on any atom is -0.301 e. The molecule has 6 nitrogen and oxygen atoms in total. The van der Waals surface area contributed by atoms with Crippen LogP contribution in [0.15, 0.2) is 91.0 Å². The first-order chi connectivity index (χ1) is 15.8. The Labute approximate surface area is 188 Å². The molecule has 0 saturated heterocycles. The number of rotatable bonds is 4. The van der Waals surface area contributed by atoms with Crippen LogP contribution in [0, 0.1) is 6.92 Å². The van der Waals surface area contributed by atoms with Crippen LogP contribution in [0.2, 0.25) is 0 Å². The summed E-state index contributed by atoms with van der Waals surface area (Å²) in [5, 5.41) is 3.98. The Morgan fingerprint density at radius 1 is 0.812 bits per heavy atom. The molecule has 0 saturated carbocycles. The van der Waals surface area contributed by atoms with Crippen molar-refractivity contribution < 1.29 is 0 Å². The van der Waals surface area contributed by atoms with Crippen molar-refractivity contribution in [1.82, 2.24) is 29.1 Å². The number of pyridine rings is 2. The first-order valence-electron chi connectivity index (χ1n) is 10.2. The molecule has 0 atom stereocenters. The van der Waals surface area contributed by atoms with Crippen molar-refractivity contribution in [2.45, 2.75) is 6.92 Å². The zero-order valence-electron chi connectivity index (χ0n) is 17.3. The highest BCUT2D eigenvalue weighted by Crippen LogP contribution is 2.29. The van der Waals surface area contributed by atoms with E-state index in [4.69, 9.17) is 4.98 Å². The number of hydrogen-bond acceptors (Lipinski definition) is 5. The lowest BCUT2D eigenvalue weighted by atomic mass is 10.2. The van der Waals surface area contributed by atoms with E-state index in [0.717, 1.165) is 50.2 Å². The van der Waals surface area contributed by atoms with E-state index >= 15 is 0 Å². The van der Waals surface area contributed by atoms with Gasteiger partial charge in [-0.25, -0.2) is 15.0 Å². The largest absolute Gasteiger partial charge is 0.301 e. The van der Waals surface area contributed by atoms with Gasteiger partial charge in [-0.05, 0) is 61.5 Å². The van der Waals surface area contributed by atoms with Gasteiger partial charge in [-0.2, -0.15) is 0 Å². The highest BCUT2D eigenvalue weighted by Gasteiger charge is 2.15. The Morgan fingerprint density at radius 3 is 2.47 bits per heavy atom. The lowest BCUT2D eigenvalue weighted by Gasteiger charge is -2.09. The summed E-state index contributed by atoms with van der Waals surface area (Å²) in [5.41, 5.74) is 5.80. The molecule has 154 valence electrons. The first kappa shape index (κ1) is 18.7. The molecule has 7 heteroatoms. The number of hydrogen-bond donors (Lipinski definition) is 0. The molecule has 0 fully saturated rings. The average molecular weight is 435 g/mol. The van der Waals surface area contributed by atoms with Gasteiger partial charge in [0.2, 0.25) is 0 Å². The van der Waals surface area contributed by atoms with Gasteiger partial charge in [-0.3, -0.25) is 9.55 Å². The molecule has 0 bridgehead atoms. The van der Waals surface area contributed by atoms with Crippen LogP contribution in [0.3, 0.4) is 0 Å². The van der Waals surface area contributed by atoms with E-state index in [1.807, 2.05) is 49.2 Å². The van der Waals surface area contributed by atoms with Gasteiger partial charge in [0.15, 0.2) is 0 Å². The van der Waals surface area contributed by atoms with Crippen LogP contribution in [-0.2, 0) is 0 Å². The maximum atomic E-state index is 4.93. The van der Waals surface area contributed by atoms with Gasteiger partial charge in [-0.1, -0.05) is 0 Å². The Kier molecular flexibility index (Phi) is 4.40. The summed E-state index contributed by atoms with van der Waals surface area (Å²) in [7, 11) is 0. The zero-order valence-corrected chi connectivity index (χ0v) is 18.1. The normalized spacial score (nSPS) is 11.3. The fourth-order valence-corrected chi connectivity index (χ4v) is 4.37. The molecule has 0 unspecified atom stereocenters. The maximum absolute atomic E-state index is 4.93. The molecule has 5 heterocycles. The Bertz CT molecular complexity index is 1510. The maximum Gasteiger partial charge on any atom is 0.145 e. The predicted octanol–water partition coefficient (Wildman–Crippen LogP) is 5.71. The van der Waals surface area contributed by atoms with Gasteiger partial charge in [0, 0.05) is 52.5 Å². The van der Waals surface area contributed by atoms with Gasteiger partial charge in [0.1, 0.15) is 22.2 Å². The summed E-state index contributed by atoms with van der Waals surface area (Å²) < 4.78 is 4.17. The van der Waals surface area contributed by atoms with Crippen molar-refractivity contribution in [3.8, 4) is 33.5 Å². The topological polar surface area (TPSA) is 61.4 Å². The van der Waals surface area contributed by atoms with Crippen molar-refractivity contribution >= 4 is 22.4 Å². The van der Waals surface area contributed by atoms with E-state index in [-0.39, 0.29) is 0 Å². The second-order valence-corrected chi connectivity index (χ2v) is 8.36. The van der Waals surface area contributed by atoms with Crippen LogP contribution in [0.1, 0.15) is 5.69 Å². The van der Waals surface area contributed by atoms with Crippen molar-refractivity contribution in [3.05, 3.63) is 96.7 Å². The molecule has 0 N–H and O–H groups in total. The highest BCUT2D eigenvalue weighted by molar-refractivity contribution is 7.13. The molecule has 0 radical (unpaired) electrons. The lowest BCUT2D eigenvalue weighted by Crippen LogP contribution is -1.98. The predicted molar refractivity (Wildman–Crippen MR) is 127 cm³/mol. The van der Waals surface area contributed by atoms with Gasteiger partial charge in [0.25, 0.3) is 0 Å². The number of fused-ring (bicyclic) bond motifs is 1. The van der Waals surface area contributed by atoms with Crippen LogP contribution < -0.4 is 0 Å². The third-order valence-electron chi connectivity index (χ3n) is 5.38. The molecular weight excluding hydrogens is 416 g/mol. The van der Waals surface area contributed by atoms with E-state index in [2.05, 4.69) is 66.6 Å². The molecule has 0 aliphatic rings. The van der Waals surface area contributed by atoms with Crippen molar-refractivity contribution in [1.29, 1.82) is 0 Å². The third-order valence-corrected chi connectivity index (χ3v) is 6.18. The van der Waals surface area contributed by atoms with E-state index in [1.165, 1.54) is 0 Å². The molecule has 1 aromatic carbocycles. The molecule has 5 aromatic heterocycles. The van der Waals surface area contributed by atoms with E-state index < -0.39 is 0 Å². The van der Waals surface area contributed by atoms with E-state index in [0.29, 0.717) is 0 Å². The van der Waals surface area contributed by atoms with Gasteiger partial charge < -0.3 is 4.57 Å². The Morgan fingerprint density at radius 2 is 1.69 bits per heavy atom. The van der Waals surface area contributed by atoms with E-state index in [1.54, 1.807) is 17.5 Å². The zero-order chi connectivity index (χ0) is 21.5. The number of benzene rings is 1. The van der Waals surface area contributed by atoms with Crippen molar-refractivity contribution in [3.63, 3.8) is 0 Å². The summed E-state index contributed by atoms with van der Waals surface area (Å²) in [6.45, 7) is 1.98. The second-order valence-electron chi connectivity index (χ2n) is 7.46. The SMILES string of the molecule is Cc1ccc(-n2cc(-c3nccs3)nc2-c2ccc(-n3ccc4cccnc43)cc2)cn1. The number of aryl methyl sites for hydroxylation is 1. The van der Waals surface area contributed by atoms with Gasteiger partial charge >= 0.3 is 0 Å². The summed E-state index contributed by atoms with van der Waals surface area (Å²) in [5.74, 6) is 0.850. The molecule has 6 aromatic rings. The molecular formula is C25H18N6S. The lowest BCUT2D eigenvalue weighted by molar-refractivity contribution is 1.03. The Balaban J connectivity index is 1.45. The molecule has 32 heavy (non-hydrogen) atoms. The van der Waals surface area contributed by atoms with Crippen LogP contribution in [0.25, 0.3) is 44.5 Å². The summed E-state index contributed by atoms with van der Waals surface area (Å²) in [4.78, 5) is 18.4. The fourth-order valence-electron chi connectivity index (χ4n) is 3.78. The monoisotopic (exact) mass is 434 g/mol. The summed E-state index contributed by atoms with van der Waals surface area (Å²) in [6.07, 6.45) is 9.57. The number of aromatic nitrogens is 6. The van der Waals surface area contributed by atoms with Crippen LogP contribution in [-0.4, -0.2) is 29.1 Å². The number of imidazole rings is 1. The molecule has 0 aliphatic heterocycles. The second kappa shape index (κ2) is 7.55.